The molecule has 0 fully saturated rings. The molecule has 21 heavy (non-hydrogen) atoms. The highest BCUT2D eigenvalue weighted by atomic mass is 35.5. The Balaban J connectivity index is 1.88. The van der Waals surface area contributed by atoms with E-state index in [1.165, 1.54) is 0 Å². The third-order valence-electron chi connectivity index (χ3n) is 3.82. The van der Waals surface area contributed by atoms with E-state index in [0.29, 0.717) is 16.5 Å². The summed E-state index contributed by atoms with van der Waals surface area (Å²) in [6.07, 6.45) is 2.00. The first-order valence-corrected chi connectivity index (χ1v) is 8.52. The van der Waals surface area contributed by atoms with Gasteiger partial charge in [0.15, 0.2) is 0 Å². The number of rotatable bonds is 2. The summed E-state index contributed by atoms with van der Waals surface area (Å²) in [5, 5.41) is 12.6. The van der Waals surface area contributed by atoms with Crippen molar-refractivity contribution < 1.29 is 5.11 Å². The van der Waals surface area contributed by atoms with Crippen LogP contribution in [0, 0.1) is 5.41 Å². The molecular weight excluding hydrogens is 325 g/mol. The second-order valence-electron chi connectivity index (χ2n) is 6.39. The Hall–Kier alpha value is -0.610. The maximum atomic E-state index is 10.3. The molecule has 1 aromatic heterocycles. The zero-order valence-electron chi connectivity index (χ0n) is 12.0. The Morgan fingerprint density at radius 1 is 1.38 bits per heavy atom. The molecule has 0 spiro atoms. The van der Waals surface area contributed by atoms with Gasteiger partial charge in [-0.1, -0.05) is 43.1 Å². The van der Waals surface area contributed by atoms with Gasteiger partial charge in [-0.2, -0.15) is 0 Å². The van der Waals surface area contributed by atoms with Crippen molar-refractivity contribution in [3.8, 4) is 0 Å². The first-order chi connectivity index (χ1) is 9.84. The zero-order valence-corrected chi connectivity index (χ0v) is 14.3. The van der Waals surface area contributed by atoms with Crippen LogP contribution < -0.4 is 0 Å². The van der Waals surface area contributed by atoms with Gasteiger partial charge in [-0.15, -0.1) is 11.3 Å². The fourth-order valence-corrected chi connectivity index (χ4v) is 4.41. The van der Waals surface area contributed by atoms with E-state index in [0.717, 1.165) is 34.0 Å². The second kappa shape index (κ2) is 5.54. The number of halogens is 2. The normalized spacial score (nSPS) is 20.3. The van der Waals surface area contributed by atoms with Gasteiger partial charge in [0.2, 0.25) is 0 Å². The first kappa shape index (κ1) is 15.3. The number of hydrogen-bond acceptors (Lipinski definition) is 3. The SMILES string of the molecule is CC1(C)Cc2nc(Cc3ccc(Cl)cc3Cl)sc2C(O)C1. The number of fused-ring (bicyclic) bond motifs is 1. The average molecular weight is 342 g/mol. The highest BCUT2D eigenvalue weighted by Gasteiger charge is 2.34. The molecule has 0 aliphatic heterocycles. The van der Waals surface area contributed by atoms with Gasteiger partial charge in [0.25, 0.3) is 0 Å². The number of nitrogens with zero attached hydrogens (tertiary/aromatic N) is 1. The van der Waals surface area contributed by atoms with Crippen molar-refractivity contribution in [1.29, 1.82) is 0 Å². The summed E-state index contributed by atoms with van der Waals surface area (Å²) in [6, 6.07) is 5.53. The van der Waals surface area contributed by atoms with Crippen LogP contribution in [0.1, 0.15) is 47.5 Å². The van der Waals surface area contributed by atoms with Crippen molar-refractivity contribution in [1.82, 2.24) is 4.98 Å². The molecule has 1 N–H and O–H groups in total. The zero-order chi connectivity index (χ0) is 15.2. The molecule has 5 heteroatoms. The molecule has 1 aromatic carbocycles. The summed E-state index contributed by atoms with van der Waals surface area (Å²) in [7, 11) is 0. The molecule has 2 aromatic rings. The minimum Gasteiger partial charge on any atom is -0.387 e. The van der Waals surface area contributed by atoms with E-state index >= 15 is 0 Å². The summed E-state index contributed by atoms with van der Waals surface area (Å²) < 4.78 is 0. The predicted octanol–water partition coefficient (Wildman–Crippen LogP) is 5.05. The van der Waals surface area contributed by atoms with Crippen LogP contribution in [0.25, 0.3) is 0 Å². The molecule has 0 radical (unpaired) electrons. The molecule has 1 heterocycles. The van der Waals surface area contributed by atoms with Crippen molar-refractivity contribution in [2.24, 2.45) is 5.41 Å². The van der Waals surface area contributed by atoms with E-state index < -0.39 is 6.10 Å². The number of thiazole rings is 1. The fraction of sp³-hybridized carbons (Fsp3) is 0.438. The molecule has 1 atom stereocenters. The Labute approximate surface area is 138 Å². The van der Waals surface area contributed by atoms with Crippen molar-refractivity contribution in [2.75, 3.05) is 0 Å². The smallest absolute Gasteiger partial charge is 0.0976 e. The lowest BCUT2D eigenvalue weighted by molar-refractivity contribution is 0.102. The van der Waals surface area contributed by atoms with Crippen molar-refractivity contribution in [3.63, 3.8) is 0 Å². The van der Waals surface area contributed by atoms with Gasteiger partial charge in [-0.05, 0) is 36.0 Å². The number of aromatic nitrogens is 1. The summed E-state index contributed by atoms with van der Waals surface area (Å²) in [5.74, 6) is 0. The minimum atomic E-state index is -0.393. The van der Waals surface area contributed by atoms with E-state index in [9.17, 15) is 5.11 Å². The topological polar surface area (TPSA) is 33.1 Å². The lowest BCUT2D eigenvalue weighted by atomic mass is 9.77. The van der Waals surface area contributed by atoms with Gasteiger partial charge < -0.3 is 5.11 Å². The number of aliphatic hydroxyl groups is 1. The monoisotopic (exact) mass is 341 g/mol. The summed E-state index contributed by atoms with van der Waals surface area (Å²) in [4.78, 5) is 5.75. The van der Waals surface area contributed by atoms with Gasteiger partial charge >= 0.3 is 0 Å². The Kier molecular flexibility index (Phi) is 4.04. The van der Waals surface area contributed by atoms with Gasteiger partial charge in [0.1, 0.15) is 0 Å². The Morgan fingerprint density at radius 2 is 2.14 bits per heavy atom. The molecule has 0 saturated carbocycles. The van der Waals surface area contributed by atoms with Gasteiger partial charge in [0.05, 0.1) is 21.7 Å². The number of benzene rings is 1. The summed E-state index contributed by atoms with van der Waals surface area (Å²) in [5.41, 5.74) is 2.17. The fourth-order valence-electron chi connectivity index (χ4n) is 2.85. The highest BCUT2D eigenvalue weighted by Crippen LogP contribution is 2.43. The molecule has 1 aliphatic rings. The molecule has 0 amide bonds. The number of hydrogen-bond donors (Lipinski definition) is 1. The van der Waals surface area contributed by atoms with Gasteiger partial charge in [0, 0.05) is 16.5 Å². The third kappa shape index (κ3) is 3.26. The van der Waals surface area contributed by atoms with Gasteiger partial charge in [-0.3, -0.25) is 0 Å². The Bertz CT molecular complexity index is 681. The van der Waals surface area contributed by atoms with Crippen LogP contribution in [0.3, 0.4) is 0 Å². The average Bonchev–Trinajstić information content (AvgIpc) is 2.74. The minimum absolute atomic E-state index is 0.107. The molecule has 2 nitrogen and oxygen atoms in total. The maximum absolute atomic E-state index is 10.3. The van der Waals surface area contributed by atoms with Crippen molar-refractivity contribution in [3.05, 3.63) is 49.4 Å². The standard InChI is InChI=1S/C16H17Cl2NOS/c1-16(2)7-12-15(13(20)8-16)21-14(19-12)5-9-3-4-10(17)6-11(9)18/h3-4,6,13,20H,5,7-8H2,1-2H3. The van der Waals surface area contributed by atoms with Crippen LogP contribution in [-0.4, -0.2) is 10.1 Å². The van der Waals surface area contributed by atoms with E-state index in [1.54, 1.807) is 17.4 Å². The van der Waals surface area contributed by atoms with Crippen LogP contribution in [0.4, 0.5) is 0 Å². The van der Waals surface area contributed by atoms with Crippen LogP contribution in [0.2, 0.25) is 10.0 Å². The van der Waals surface area contributed by atoms with Crippen LogP contribution in [0.5, 0.6) is 0 Å². The summed E-state index contributed by atoms with van der Waals surface area (Å²) >= 11 is 13.7. The molecular formula is C16H17Cl2NOS. The Morgan fingerprint density at radius 3 is 2.86 bits per heavy atom. The lowest BCUT2D eigenvalue weighted by Crippen LogP contribution is -2.24. The molecule has 1 aliphatic carbocycles. The van der Waals surface area contributed by atoms with Gasteiger partial charge in [-0.25, -0.2) is 4.98 Å². The van der Waals surface area contributed by atoms with Crippen molar-refractivity contribution in [2.45, 2.75) is 39.2 Å². The molecule has 0 bridgehead atoms. The quantitative estimate of drug-likeness (QED) is 0.829. The molecule has 3 rings (SSSR count). The van der Waals surface area contributed by atoms with Crippen LogP contribution in [0.15, 0.2) is 18.2 Å². The largest absolute Gasteiger partial charge is 0.387 e. The second-order valence-corrected chi connectivity index (χ2v) is 8.35. The molecule has 112 valence electrons. The lowest BCUT2D eigenvalue weighted by Gasteiger charge is -2.31. The highest BCUT2D eigenvalue weighted by molar-refractivity contribution is 7.11. The van der Waals surface area contributed by atoms with E-state index in [1.807, 2.05) is 12.1 Å². The van der Waals surface area contributed by atoms with Crippen molar-refractivity contribution >= 4 is 34.5 Å². The van der Waals surface area contributed by atoms with Crippen LogP contribution in [-0.2, 0) is 12.8 Å². The maximum Gasteiger partial charge on any atom is 0.0976 e. The van der Waals surface area contributed by atoms with Crippen LogP contribution >= 0.6 is 34.5 Å². The third-order valence-corrected chi connectivity index (χ3v) is 5.61. The van der Waals surface area contributed by atoms with E-state index in [-0.39, 0.29) is 5.41 Å². The van der Waals surface area contributed by atoms with E-state index in [2.05, 4.69) is 13.8 Å². The summed E-state index contributed by atoms with van der Waals surface area (Å²) in [6.45, 7) is 4.35. The predicted molar refractivity (Wildman–Crippen MR) is 88.4 cm³/mol. The van der Waals surface area contributed by atoms with E-state index in [4.69, 9.17) is 28.2 Å². The number of aliphatic hydroxyl groups excluding tert-OH is 1. The first-order valence-electron chi connectivity index (χ1n) is 6.94. The molecule has 0 saturated heterocycles. The molecule has 1 unspecified atom stereocenters.